The molecule has 0 amide bonds. The van der Waals surface area contributed by atoms with Crippen LogP contribution in [0.2, 0.25) is 0 Å². The standard InChI is InChI=1S/C14H20O/c1-9(2)14(12(5)15)13-7-10(3)6-11(4)8-13/h6-9,14H,1-5H3. The van der Waals surface area contributed by atoms with Crippen molar-refractivity contribution < 1.29 is 4.79 Å². The van der Waals surface area contributed by atoms with Crippen molar-refractivity contribution in [1.29, 1.82) is 0 Å². The second-order valence-corrected chi connectivity index (χ2v) is 4.75. The molecule has 82 valence electrons. The molecule has 0 heterocycles. The fourth-order valence-corrected chi connectivity index (χ4v) is 2.28. The monoisotopic (exact) mass is 204 g/mol. The number of benzene rings is 1. The third kappa shape index (κ3) is 2.92. The van der Waals surface area contributed by atoms with Gasteiger partial charge in [-0.15, -0.1) is 0 Å². The summed E-state index contributed by atoms with van der Waals surface area (Å²) in [5.74, 6) is 0.669. The minimum absolute atomic E-state index is 0.0450. The Balaban J connectivity index is 3.17. The summed E-state index contributed by atoms with van der Waals surface area (Å²) in [5.41, 5.74) is 3.63. The first-order valence-electron chi connectivity index (χ1n) is 5.50. The molecule has 1 aromatic rings. The van der Waals surface area contributed by atoms with Crippen LogP contribution in [0.3, 0.4) is 0 Å². The summed E-state index contributed by atoms with van der Waals surface area (Å²) in [6, 6.07) is 6.39. The van der Waals surface area contributed by atoms with E-state index in [0.29, 0.717) is 5.92 Å². The molecule has 1 heteroatoms. The van der Waals surface area contributed by atoms with Crippen LogP contribution >= 0.6 is 0 Å². The highest BCUT2D eigenvalue weighted by molar-refractivity contribution is 5.83. The number of carbonyl (C=O) groups is 1. The lowest BCUT2D eigenvalue weighted by atomic mass is 9.84. The van der Waals surface area contributed by atoms with Gasteiger partial charge in [-0.1, -0.05) is 43.2 Å². The van der Waals surface area contributed by atoms with Gasteiger partial charge < -0.3 is 0 Å². The van der Waals surface area contributed by atoms with Crippen LogP contribution in [0.25, 0.3) is 0 Å². The van der Waals surface area contributed by atoms with Gasteiger partial charge in [0.15, 0.2) is 0 Å². The Bertz CT molecular complexity index is 343. The van der Waals surface area contributed by atoms with E-state index in [1.807, 2.05) is 0 Å². The average molecular weight is 204 g/mol. The molecule has 0 aromatic heterocycles. The first-order valence-corrected chi connectivity index (χ1v) is 5.50. The van der Waals surface area contributed by atoms with Crippen molar-refractivity contribution in [2.75, 3.05) is 0 Å². The molecule has 0 aliphatic heterocycles. The summed E-state index contributed by atoms with van der Waals surface area (Å²) < 4.78 is 0. The molecule has 0 saturated heterocycles. The fourth-order valence-electron chi connectivity index (χ4n) is 2.28. The number of hydrogen-bond acceptors (Lipinski definition) is 1. The lowest BCUT2D eigenvalue weighted by Crippen LogP contribution is -2.15. The Labute approximate surface area is 92.5 Å². The fraction of sp³-hybridized carbons (Fsp3) is 0.500. The summed E-state index contributed by atoms with van der Waals surface area (Å²) >= 11 is 0. The van der Waals surface area contributed by atoms with Gasteiger partial charge >= 0.3 is 0 Å². The highest BCUT2D eigenvalue weighted by Crippen LogP contribution is 2.26. The molecule has 1 nitrogen and oxygen atoms in total. The predicted molar refractivity (Wildman–Crippen MR) is 64.2 cm³/mol. The van der Waals surface area contributed by atoms with Gasteiger partial charge in [-0.05, 0) is 32.3 Å². The third-order valence-electron chi connectivity index (χ3n) is 2.71. The van der Waals surface area contributed by atoms with Crippen molar-refractivity contribution in [2.45, 2.75) is 40.5 Å². The molecule has 0 fully saturated rings. The molecular weight excluding hydrogens is 184 g/mol. The number of hydrogen-bond donors (Lipinski definition) is 0. The molecule has 1 atom stereocenters. The number of carbonyl (C=O) groups excluding carboxylic acids is 1. The summed E-state index contributed by atoms with van der Waals surface area (Å²) in [7, 11) is 0. The molecule has 0 radical (unpaired) electrons. The third-order valence-corrected chi connectivity index (χ3v) is 2.71. The predicted octanol–water partition coefficient (Wildman–Crippen LogP) is 3.63. The van der Waals surface area contributed by atoms with Crippen LogP contribution in [0.5, 0.6) is 0 Å². The largest absolute Gasteiger partial charge is 0.299 e. The van der Waals surface area contributed by atoms with E-state index in [9.17, 15) is 4.79 Å². The average Bonchev–Trinajstić information content (AvgIpc) is 1.99. The highest BCUT2D eigenvalue weighted by atomic mass is 16.1. The van der Waals surface area contributed by atoms with Gasteiger partial charge in [0.25, 0.3) is 0 Å². The second-order valence-electron chi connectivity index (χ2n) is 4.75. The van der Waals surface area contributed by atoms with E-state index >= 15 is 0 Å². The van der Waals surface area contributed by atoms with Crippen LogP contribution in [0.15, 0.2) is 18.2 Å². The smallest absolute Gasteiger partial charge is 0.137 e. The minimum atomic E-state index is 0.0450. The van der Waals surface area contributed by atoms with Crippen LogP contribution in [-0.4, -0.2) is 5.78 Å². The lowest BCUT2D eigenvalue weighted by molar-refractivity contribution is -0.119. The summed E-state index contributed by atoms with van der Waals surface area (Å²) in [6.45, 7) is 10.0. The van der Waals surface area contributed by atoms with Crippen molar-refractivity contribution in [3.05, 3.63) is 34.9 Å². The van der Waals surface area contributed by atoms with Crippen LogP contribution in [0, 0.1) is 19.8 Å². The van der Waals surface area contributed by atoms with Crippen molar-refractivity contribution in [3.63, 3.8) is 0 Å². The molecular formula is C14H20O. The summed E-state index contributed by atoms with van der Waals surface area (Å²) in [5, 5.41) is 0. The number of rotatable bonds is 3. The maximum atomic E-state index is 11.6. The molecule has 1 unspecified atom stereocenters. The first kappa shape index (κ1) is 12.0. The zero-order valence-electron chi connectivity index (χ0n) is 10.3. The van der Waals surface area contributed by atoms with E-state index < -0.39 is 0 Å². The zero-order valence-corrected chi connectivity index (χ0v) is 10.3. The maximum Gasteiger partial charge on any atom is 0.137 e. The highest BCUT2D eigenvalue weighted by Gasteiger charge is 2.20. The molecule has 0 bridgehead atoms. The van der Waals surface area contributed by atoms with E-state index in [1.54, 1.807) is 6.92 Å². The summed E-state index contributed by atoms with van der Waals surface area (Å²) in [4.78, 5) is 11.6. The first-order chi connectivity index (χ1) is 6.91. The van der Waals surface area contributed by atoms with Gasteiger partial charge in [0, 0.05) is 5.92 Å². The Hall–Kier alpha value is -1.11. The quantitative estimate of drug-likeness (QED) is 0.734. The van der Waals surface area contributed by atoms with Gasteiger partial charge in [-0.2, -0.15) is 0 Å². The number of Topliss-reactive ketones (excluding diaryl/α,β-unsaturated/α-hetero) is 1. The van der Waals surface area contributed by atoms with E-state index in [2.05, 4.69) is 45.9 Å². The molecule has 0 N–H and O–H groups in total. The normalized spacial score (nSPS) is 12.9. The van der Waals surface area contributed by atoms with Gasteiger partial charge in [0.05, 0.1) is 0 Å². The molecule has 0 spiro atoms. The van der Waals surface area contributed by atoms with Crippen molar-refractivity contribution in [2.24, 2.45) is 5.92 Å². The van der Waals surface area contributed by atoms with Gasteiger partial charge in [0.1, 0.15) is 5.78 Å². The molecule has 15 heavy (non-hydrogen) atoms. The van der Waals surface area contributed by atoms with E-state index in [4.69, 9.17) is 0 Å². The Morgan fingerprint density at radius 1 is 1.07 bits per heavy atom. The van der Waals surface area contributed by atoms with Crippen LogP contribution < -0.4 is 0 Å². The molecule has 1 rings (SSSR count). The van der Waals surface area contributed by atoms with Gasteiger partial charge in [-0.3, -0.25) is 4.79 Å². The zero-order chi connectivity index (χ0) is 11.6. The van der Waals surface area contributed by atoms with Gasteiger partial charge in [-0.25, -0.2) is 0 Å². The second kappa shape index (κ2) is 4.61. The van der Waals surface area contributed by atoms with Gasteiger partial charge in [0.2, 0.25) is 0 Å². The van der Waals surface area contributed by atoms with E-state index in [-0.39, 0.29) is 11.7 Å². The maximum absolute atomic E-state index is 11.6. The molecule has 0 aliphatic carbocycles. The van der Waals surface area contributed by atoms with Crippen molar-refractivity contribution >= 4 is 5.78 Å². The van der Waals surface area contributed by atoms with E-state index in [1.165, 1.54) is 11.1 Å². The molecule has 0 aliphatic rings. The summed E-state index contributed by atoms with van der Waals surface area (Å²) in [6.07, 6.45) is 0. The molecule has 1 aromatic carbocycles. The number of aryl methyl sites for hydroxylation is 2. The lowest BCUT2D eigenvalue weighted by Gasteiger charge is -2.19. The topological polar surface area (TPSA) is 17.1 Å². The minimum Gasteiger partial charge on any atom is -0.299 e. The Morgan fingerprint density at radius 2 is 1.53 bits per heavy atom. The van der Waals surface area contributed by atoms with Crippen LogP contribution in [0.4, 0.5) is 0 Å². The van der Waals surface area contributed by atoms with Crippen LogP contribution in [0.1, 0.15) is 43.4 Å². The van der Waals surface area contributed by atoms with Crippen molar-refractivity contribution in [1.82, 2.24) is 0 Å². The van der Waals surface area contributed by atoms with Crippen molar-refractivity contribution in [3.8, 4) is 0 Å². The number of ketones is 1. The van der Waals surface area contributed by atoms with E-state index in [0.717, 1.165) is 5.56 Å². The Morgan fingerprint density at radius 3 is 1.87 bits per heavy atom. The Kier molecular flexibility index (Phi) is 3.67. The van der Waals surface area contributed by atoms with Crippen LogP contribution in [-0.2, 0) is 4.79 Å². The SMILES string of the molecule is CC(=O)C(c1cc(C)cc(C)c1)C(C)C. The molecule has 0 saturated carbocycles.